The van der Waals surface area contributed by atoms with Gasteiger partial charge in [-0.15, -0.1) is 0 Å². The van der Waals surface area contributed by atoms with E-state index in [0.29, 0.717) is 15.8 Å². The molecule has 0 spiro atoms. The molecule has 1 aliphatic heterocycles. The third-order valence-corrected chi connectivity index (χ3v) is 5.15. The molecule has 1 heterocycles. The standard InChI is InChI=1S/C22H23N3O3S/c1-14(2)25-21(27)19(29-22(25)24-17-8-4-15(3)5-9-17)12-16-6-10-18(11-7-16)28-13-20(23)26/h4-12,14H,13H2,1-3H3,(H2,23,26)/b19-12+,24-22?. The number of carbonyl (C=O) groups is 2. The largest absolute Gasteiger partial charge is 0.484 e. The molecule has 0 aliphatic carbocycles. The van der Waals surface area contributed by atoms with Gasteiger partial charge >= 0.3 is 0 Å². The Kier molecular flexibility index (Phi) is 6.39. The van der Waals surface area contributed by atoms with E-state index in [1.165, 1.54) is 11.8 Å². The summed E-state index contributed by atoms with van der Waals surface area (Å²) in [5.41, 5.74) is 7.91. The Morgan fingerprint density at radius 1 is 1.17 bits per heavy atom. The highest BCUT2D eigenvalue weighted by molar-refractivity contribution is 8.18. The van der Waals surface area contributed by atoms with Gasteiger partial charge in [0.05, 0.1) is 10.6 Å². The van der Waals surface area contributed by atoms with Crippen LogP contribution in [-0.4, -0.2) is 34.5 Å². The van der Waals surface area contributed by atoms with Crippen molar-refractivity contribution in [1.29, 1.82) is 0 Å². The number of hydrogen-bond acceptors (Lipinski definition) is 5. The fourth-order valence-corrected chi connectivity index (χ4v) is 3.84. The van der Waals surface area contributed by atoms with E-state index < -0.39 is 5.91 Å². The van der Waals surface area contributed by atoms with Crippen LogP contribution in [0.4, 0.5) is 5.69 Å². The molecule has 2 amide bonds. The molecule has 150 valence electrons. The van der Waals surface area contributed by atoms with Crippen LogP contribution in [0.3, 0.4) is 0 Å². The SMILES string of the molecule is Cc1ccc(N=C2S/C(=C/c3ccc(OCC(N)=O)cc3)C(=O)N2C(C)C)cc1. The van der Waals surface area contributed by atoms with Crippen LogP contribution < -0.4 is 10.5 Å². The average molecular weight is 410 g/mol. The fraction of sp³-hybridized carbons (Fsp3) is 0.227. The number of ether oxygens (including phenoxy) is 1. The zero-order valence-corrected chi connectivity index (χ0v) is 17.4. The summed E-state index contributed by atoms with van der Waals surface area (Å²) >= 11 is 1.36. The number of thioether (sulfide) groups is 1. The highest BCUT2D eigenvalue weighted by Crippen LogP contribution is 2.35. The van der Waals surface area contributed by atoms with Gasteiger partial charge in [0.2, 0.25) is 0 Å². The fourth-order valence-electron chi connectivity index (χ4n) is 2.72. The smallest absolute Gasteiger partial charge is 0.266 e. The van der Waals surface area contributed by atoms with Crippen LogP contribution in [0.5, 0.6) is 5.75 Å². The monoisotopic (exact) mass is 409 g/mol. The second kappa shape index (κ2) is 8.96. The molecule has 0 radical (unpaired) electrons. The molecule has 1 fully saturated rings. The third-order valence-electron chi connectivity index (χ3n) is 4.17. The highest BCUT2D eigenvalue weighted by atomic mass is 32.2. The summed E-state index contributed by atoms with van der Waals surface area (Å²) in [6, 6.07) is 15.0. The molecular formula is C22H23N3O3S. The van der Waals surface area contributed by atoms with E-state index in [0.717, 1.165) is 16.8 Å². The topological polar surface area (TPSA) is 85.0 Å². The normalized spacial score (nSPS) is 16.8. The van der Waals surface area contributed by atoms with Gasteiger partial charge in [0.15, 0.2) is 11.8 Å². The van der Waals surface area contributed by atoms with Crippen LogP contribution >= 0.6 is 11.8 Å². The Labute approximate surface area is 174 Å². The number of aliphatic imine (C=N–C) groups is 1. The van der Waals surface area contributed by atoms with E-state index in [9.17, 15) is 9.59 Å². The van der Waals surface area contributed by atoms with Gasteiger partial charge in [-0.2, -0.15) is 0 Å². The van der Waals surface area contributed by atoms with E-state index in [1.807, 2.05) is 63.2 Å². The second-order valence-corrected chi connectivity index (χ2v) is 7.94. The Balaban J connectivity index is 1.83. The predicted octanol–water partition coefficient (Wildman–Crippen LogP) is 3.87. The molecule has 2 aromatic carbocycles. The quantitative estimate of drug-likeness (QED) is 0.734. The van der Waals surface area contributed by atoms with Crippen LogP contribution in [0.15, 0.2) is 58.4 Å². The Hall–Kier alpha value is -3.06. The van der Waals surface area contributed by atoms with Crippen LogP contribution in [0.1, 0.15) is 25.0 Å². The van der Waals surface area contributed by atoms with Crippen molar-refractivity contribution in [2.24, 2.45) is 10.7 Å². The summed E-state index contributed by atoms with van der Waals surface area (Å²) in [6.07, 6.45) is 1.83. The summed E-state index contributed by atoms with van der Waals surface area (Å²) < 4.78 is 5.26. The van der Waals surface area contributed by atoms with Gasteiger partial charge < -0.3 is 10.5 Å². The molecular weight excluding hydrogens is 386 g/mol. The molecule has 2 N–H and O–H groups in total. The van der Waals surface area contributed by atoms with Gasteiger partial charge in [-0.25, -0.2) is 4.99 Å². The lowest BCUT2D eigenvalue weighted by molar-refractivity contribution is -0.123. The molecule has 0 saturated carbocycles. The third kappa shape index (κ3) is 5.26. The van der Waals surface area contributed by atoms with Crippen molar-refractivity contribution >= 4 is 40.5 Å². The van der Waals surface area contributed by atoms with Crippen LogP contribution in [-0.2, 0) is 9.59 Å². The maximum atomic E-state index is 12.9. The van der Waals surface area contributed by atoms with Crippen LogP contribution in [0.2, 0.25) is 0 Å². The van der Waals surface area contributed by atoms with Crippen molar-refractivity contribution in [3.05, 3.63) is 64.6 Å². The number of hydrogen-bond donors (Lipinski definition) is 1. The van der Waals surface area contributed by atoms with Gasteiger partial charge in [-0.3, -0.25) is 14.5 Å². The number of nitrogens with two attached hydrogens (primary N) is 1. The second-order valence-electron chi connectivity index (χ2n) is 6.93. The number of aryl methyl sites for hydroxylation is 1. The molecule has 29 heavy (non-hydrogen) atoms. The van der Waals surface area contributed by atoms with Crippen molar-refractivity contribution in [2.45, 2.75) is 26.8 Å². The number of primary amides is 1. The Morgan fingerprint density at radius 2 is 1.83 bits per heavy atom. The zero-order chi connectivity index (χ0) is 21.0. The van der Waals surface area contributed by atoms with E-state index >= 15 is 0 Å². The molecule has 2 aromatic rings. The molecule has 0 unspecified atom stereocenters. The maximum Gasteiger partial charge on any atom is 0.266 e. The average Bonchev–Trinajstić information content (AvgIpc) is 2.98. The van der Waals surface area contributed by atoms with Crippen molar-refractivity contribution in [3.8, 4) is 5.75 Å². The molecule has 0 atom stereocenters. The van der Waals surface area contributed by atoms with Crippen molar-refractivity contribution in [1.82, 2.24) is 4.90 Å². The summed E-state index contributed by atoms with van der Waals surface area (Å²) in [4.78, 5) is 30.7. The minimum Gasteiger partial charge on any atom is -0.484 e. The Bertz CT molecular complexity index is 964. The molecule has 0 aromatic heterocycles. The molecule has 1 saturated heterocycles. The van der Waals surface area contributed by atoms with E-state index in [-0.39, 0.29) is 18.6 Å². The Morgan fingerprint density at radius 3 is 2.41 bits per heavy atom. The summed E-state index contributed by atoms with van der Waals surface area (Å²) in [6.45, 7) is 5.79. The molecule has 3 rings (SSSR count). The number of amides is 2. The summed E-state index contributed by atoms with van der Waals surface area (Å²) in [7, 11) is 0. The van der Waals surface area contributed by atoms with Crippen LogP contribution in [0.25, 0.3) is 6.08 Å². The first kappa shape index (κ1) is 20.7. The number of rotatable bonds is 6. The number of nitrogens with zero attached hydrogens (tertiary/aromatic N) is 2. The van der Waals surface area contributed by atoms with Gasteiger partial charge in [-0.1, -0.05) is 29.8 Å². The van der Waals surface area contributed by atoms with Crippen molar-refractivity contribution < 1.29 is 14.3 Å². The molecule has 6 nitrogen and oxygen atoms in total. The van der Waals surface area contributed by atoms with Crippen molar-refractivity contribution in [3.63, 3.8) is 0 Å². The lowest BCUT2D eigenvalue weighted by Crippen LogP contribution is -2.35. The van der Waals surface area contributed by atoms with Gasteiger partial charge in [0.1, 0.15) is 5.75 Å². The zero-order valence-electron chi connectivity index (χ0n) is 16.6. The highest BCUT2D eigenvalue weighted by Gasteiger charge is 2.35. The summed E-state index contributed by atoms with van der Waals surface area (Å²) in [5.74, 6) is -0.0509. The first-order chi connectivity index (χ1) is 13.8. The molecule has 7 heteroatoms. The first-order valence-electron chi connectivity index (χ1n) is 9.23. The number of benzene rings is 2. The lowest BCUT2D eigenvalue weighted by atomic mass is 10.2. The maximum absolute atomic E-state index is 12.9. The minimum absolute atomic E-state index is 0.00493. The van der Waals surface area contributed by atoms with Crippen LogP contribution in [0, 0.1) is 6.92 Å². The number of carbonyl (C=O) groups excluding carboxylic acids is 2. The first-order valence-corrected chi connectivity index (χ1v) is 10.0. The molecule has 1 aliphatic rings. The van der Waals surface area contributed by atoms with Crippen molar-refractivity contribution in [2.75, 3.05) is 6.61 Å². The lowest BCUT2D eigenvalue weighted by Gasteiger charge is -2.19. The minimum atomic E-state index is -0.529. The molecule has 0 bridgehead atoms. The summed E-state index contributed by atoms with van der Waals surface area (Å²) in [5, 5.41) is 0.668. The van der Waals surface area contributed by atoms with Gasteiger partial charge in [0.25, 0.3) is 11.8 Å². The van der Waals surface area contributed by atoms with E-state index in [4.69, 9.17) is 10.5 Å². The van der Waals surface area contributed by atoms with E-state index in [1.54, 1.807) is 17.0 Å². The van der Waals surface area contributed by atoms with Gasteiger partial charge in [-0.05, 0) is 68.4 Å². The number of amidine groups is 1. The van der Waals surface area contributed by atoms with Gasteiger partial charge in [0, 0.05) is 6.04 Å². The van der Waals surface area contributed by atoms with E-state index in [2.05, 4.69) is 4.99 Å². The predicted molar refractivity (Wildman–Crippen MR) is 117 cm³/mol.